The highest BCUT2D eigenvalue weighted by Crippen LogP contribution is 2.26. The number of allylic oxidation sites excluding steroid dienone is 4. The molecule has 2 saturated heterocycles. The average molecular weight is 945 g/mol. The maximum atomic E-state index is 13.0. The predicted octanol–water partition coefficient (Wildman–Crippen LogP) is 7.16. The molecule has 0 radical (unpaired) electrons. The molecule has 7 N–H and O–H groups in total. The maximum absolute atomic E-state index is 13.0. The Bertz CT molecular complexity index is 1250. The zero-order valence-corrected chi connectivity index (χ0v) is 40.7. The number of carbonyl (C=O) groups excluding carboxylic acids is 2. The van der Waals surface area contributed by atoms with Gasteiger partial charge < -0.3 is 64.2 Å². The lowest BCUT2D eigenvalue weighted by Gasteiger charge is -2.42. The molecule has 0 aromatic carbocycles. The average Bonchev–Trinajstić information content (AvgIpc) is 3.31. The molecule has 2 aliphatic heterocycles. The van der Waals surface area contributed by atoms with Crippen molar-refractivity contribution in [1.82, 2.24) is 0 Å². The van der Waals surface area contributed by atoms with E-state index in [0.29, 0.717) is 12.8 Å². The lowest BCUT2D eigenvalue weighted by molar-refractivity contribution is -0.332. The number of hydrogen-bond acceptors (Lipinski definition) is 15. The molecule has 2 fully saturated rings. The number of rotatable bonds is 40. The van der Waals surface area contributed by atoms with Gasteiger partial charge in [0.1, 0.15) is 55.4 Å². The van der Waals surface area contributed by atoms with Gasteiger partial charge in [0.15, 0.2) is 18.7 Å². The molecule has 15 heteroatoms. The van der Waals surface area contributed by atoms with E-state index in [1.54, 1.807) is 0 Å². The Labute approximate surface area is 396 Å². The Hall–Kier alpha value is -2.02. The van der Waals surface area contributed by atoms with Gasteiger partial charge in [-0.15, -0.1) is 0 Å². The Morgan fingerprint density at radius 2 is 0.894 bits per heavy atom. The van der Waals surface area contributed by atoms with Gasteiger partial charge in [-0.2, -0.15) is 0 Å². The van der Waals surface area contributed by atoms with Crippen LogP contribution in [0.3, 0.4) is 0 Å². The van der Waals surface area contributed by atoms with E-state index in [-0.39, 0.29) is 26.1 Å². The summed E-state index contributed by atoms with van der Waals surface area (Å²) in [7, 11) is 0. The molecule has 0 bridgehead atoms. The molecule has 0 amide bonds. The Kier molecular flexibility index (Phi) is 35.3. The summed E-state index contributed by atoms with van der Waals surface area (Å²) in [5, 5.41) is 72.1. The Morgan fingerprint density at radius 3 is 1.39 bits per heavy atom. The highest BCUT2D eigenvalue weighted by Gasteiger charge is 2.47. The van der Waals surface area contributed by atoms with E-state index >= 15 is 0 Å². The summed E-state index contributed by atoms with van der Waals surface area (Å²) in [6.45, 7) is 2.57. The zero-order chi connectivity index (χ0) is 48.2. The quantitative estimate of drug-likeness (QED) is 0.0184. The number of unbranched alkanes of at least 4 members (excludes halogenated alkanes) is 23. The van der Waals surface area contributed by atoms with Gasteiger partial charge in [0.2, 0.25) is 0 Å². The number of aliphatic hydroxyl groups is 7. The molecular formula is C51H92O15. The van der Waals surface area contributed by atoms with Gasteiger partial charge >= 0.3 is 11.9 Å². The van der Waals surface area contributed by atoms with Crippen LogP contribution in [0.1, 0.15) is 194 Å². The van der Waals surface area contributed by atoms with Crippen LogP contribution in [0, 0.1) is 0 Å². The van der Waals surface area contributed by atoms with Gasteiger partial charge in [0.25, 0.3) is 0 Å². The third kappa shape index (κ3) is 26.7. The normalized spacial score (nSPS) is 26.3. The molecule has 2 heterocycles. The summed E-state index contributed by atoms with van der Waals surface area (Å²) in [6, 6.07) is 0. The molecular weight excluding hydrogens is 853 g/mol. The zero-order valence-electron chi connectivity index (χ0n) is 40.7. The lowest BCUT2D eigenvalue weighted by Crippen LogP contribution is -2.61. The van der Waals surface area contributed by atoms with E-state index in [9.17, 15) is 45.3 Å². The van der Waals surface area contributed by atoms with Crippen LogP contribution >= 0.6 is 0 Å². The summed E-state index contributed by atoms with van der Waals surface area (Å²) < 4.78 is 33.6. The van der Waals surface area contributed by atoms with E-state index in [4.69, 9.17) is 28.4 Å². The van der Waals surface area contributed by atoms with Crippen molar-refractivity contribution in [2.45, 2.75) is 261 Å². The van der Waals surface area contributed by atoms with Gasteiger partial charge in [0.05, 0.1) is 19.8 Å². The van der Waals surface area contributed by atoms with Gasteiger partial charge in [-0.3, -0.25) is 9.59 Å². The van der Waals surface area contributed by atoms with E-state index in [2.05, 4.69) is 38.2 Å². The van der Waals surface area contributed by atoms with Crippen LogP contribution in [0.4, 0.5) is 0 Å². The number of aliphatic hydroxyl groups excluding tert-OH is 7. The monoisotopic (exact) mass is 945 g/mol. The van der Waals surface area contributed by atoms with E-state index in [0.717, 1.165) is 57.8 Å². The second-order valence-electron chi connectivity index (χ2n) is 18.4. The predicted molar refractivity (Wildman–Crippen MR) is 252 cm³/mol. The van der Waals surface area contributed by atoms with Gasteiger partial charge in [-0.1, -0.05) is 167 Å². The molecule has 11 atom stereocenters. The minimum atomic E-state index is -1.76. The second-order valence-corrected chi connectivity index (χ2v) is 18.4. The highest BCUT2D eigenvalue weighted by atomic mass is 16.7. The van der Waals surface area contributed by atoms with Crippen molar-refractivity contribution >= 4 is 11.9 Å². The third-order valence-electron chi connectivity index (χ3n) is 12.5. The molecule has 0 aromatic heterocycles. The van der Waals surface area contributed by atoms with Crippen LogP contribution in [-0.2, 0) is 38.0 Å². The summed E-state index contributed by atoms with van der Waals surface area (Å²) in [5.41, 5.74) is 0. The molecule has 4 unspecified atom stereocenters. The number of hydrogen-bond donors (Lipinski definition) is 7. The number of esters is 2. The van der Waals surface area contributed by atoms with Gasteiger partial charge in [-0.25, -0.2) is 0 Å². The summed E-state index contributed by atoms with van der Waals surface area (Å²) >= 11 is 0. The van der Waals surface area contributed by atoms with Gasteiger partial charge in [0, 0.05) is 12.8 Å². The van der Waals surface area contributed by atoms with Crippen LogP contribution in [0.5, 0.6) is 0 Å². The SMILES string of the molecule is CCCCCC/C=C/C=C/CCCCCCCC(=O)OC[C@H](CO[C@@H]1O[C@H](CO[C@@H]2O[C@H](CO)[C@H](O)C(O)C2O)[C@H](O)C(O)C1O)OC(=O)CCCCCCCCCCCCCCCCC. The van der Waals surface area contributed by atoms with Crippen molar-refractivity contribution in [3.63, 3.8) is 0 Å². The fraction of sp³-hybridized carbons (Fsp3) is 0.882. The largest absolute Gasteiger partial charge is 0.462 e. The lowest BCUT2D eigenvalue weighted by atomic mass is 9.98. The van der Waals surface area contributed by atoms with Crippen LogP contribution in [0.25, 0.3) is 0 Å². The van der Waals surface area contributed by atoms with Crippen LogP contribution in [-0.4, -0.2) is 142 Å². The molecule has 15 nitrogen and oxygen atoms in total. The standard InChI is InChI=1S/C51H92O15/c1-3-5-7-9-11-13-15-17-19-21-23-25-27-29-31-33-42(53)61-36-39(64-43(54)34-32-30-28-26-24-22-20-18-16-14-12-10-8-6-4-2)37-62-50-49(60)47(58)45(56)41(66-50)38-63-51-48(59)46(57)44(55)40(35-52)65-51/h13,15,17,19,39-41,44-52,55-60H,3-12,14,16,18,20-38H2,1-2H3/b15-13+,19-17+/t39-,40-,41-,44+,45+,46?,47?,48?,49?,50-,51-/m1/s1. The topological polar surface area (TPSA) is 231 Å². The third-order valence-corrected chi connectivity index (χ3v) is 12.5. The molecule has 2 rings (SSSR count). The van der Waals surface area contributed by atoms with Crippen LogP contribution < -0.4 is 0 Å². The molecule has 0 saturated carbocycles. The summed E-state index contributed by atoms with van der Waals surface area (Å²) in [4.78, 5) is 25.7. The first-order chi connectivity index (χ1) is 32.0. The second kappa shape index (κ2) is 38.8. The number of ether oxygens (including phenoxy) is 6. The minimum absolute atomic E-state index is 0.166. The first-order valence-electron chi connectivity index (χ1n) is 25.9. The van der Waals surface area contributed by atoms with Gasteiger partial charge in [-0.05, 0) is 38.5 Å². The van der Waals surface area contributed by atoms with Crippen molar-refractivity contribution in [3.8, 4) is 0 Å². The summed E-state index contributed by atoms with van der Waals surface area (Å²) in [6.07, 6.45) is 22.0. The molecule has 0 aliphatic carbocycles. The minimum Gasteiger partial charge on any atom is -0.462 e. The van der Waals surface area contributed by atoms with Crippen LogP contribution in [0.2, 0.25) is 0 Å². The number of carbonyl (C=O) groups is 2. The fourth-order valence-corrected chi connectivity index (χ4v) is 8.15. The van der Waals surface area contributed by atoms with Crippen LogP contribution in [0.15, 0.2) is 24.3 Å². The van der Waals surface area contributed by atoms with Crippen molar-refractivity contribution in [1.29, 1.82) is 0 Å². The van der Waals surface area contributed by atoms with Crippen molar-refractivity contribution in [2.75, 3.05) is 26.4 Å². The first-order valence-corrected chi connectivity index (χ1v) is 25.9. The Balaban J connectivity index is 1.81. The Morgan fingerprint density at radius 1 is 0.485 bits per heavy atom. The molecule has 2 aliphatic rings. The van der Waals surface area contributed by atoms with Crippen molar-refractivity contribution in [2.24, 2.45) is 0 Å². The first kappa shape index (κ1) is 60.1. The van der Waals surface area contributed by atoms with E-state index < -0.39 is 92.7 Å². The van der Waals surface area contributed by atoms with E-state index in [1.807, 2.05) is 0 Å². The molecule has 386 valence electrons. The van der Waals surface area contributed by atoms with Crippen molar-refractivity contribution < 1.29 is 73.8 Å². The molecule has 66 heavy (non-hydrogen) atoms. The highest BCUT2D eigenvalue weighted by molar-refractivity contribution is 5.70. The maximum Gasteiger partial charge on any atom is 0.306 e. The molecule has 0 spiro atoms. The molecule has 0 aromatic rings. The van der Waals surface area contributed by atoms with Crippen molar-refractivity contribution in [3.05, 3.63) is 24.3 Å². The summed E-state index contributed by atoms with van der Waals surface area (Å²) in [5.74, 6) is -0.935. The smallest absolute Gasteiger partial charge is 0.306 e. The fourth-order valence-electron chi connectivity index (χ4n) is 8.15. The van der Waals surface area contributed by atoms with E-state index in [1.165, 1.54) is 96.3 Å².